The molecule has 150 valence electrons. The van der Waals surface area contributed by atoms with Crippen molar-refractivity contribution in [3.05, 3.63) is 54.1 Å². The quantitative estimate of drug-likeness (QED) is 0.744. The molecule has 0 aliphatic carbocycles. The molecule has 0 N–H and O–H groups in total. The lowest BCUT2D eigenvalue weighted by Gasteiger charge is -2.32. The van der Waals surface area contributed by atoms with Crippen LogP contribution in [0.5, 0.6) is 5.75 Å². The minimum absolute atomic E-state index is 0.0491. The zero-order chi connectivity index (χ0) is 20.3. The van der Waals surface area contributed by atoms with Crippen molar-refractivity contribution >= 4 is 27.3 Å². The van der Waals surface area contributed by atoms with Gasteiger partial charge in [0.05, 0.1) is 11.9 Å². The largest absolute Gasteiger partial charge is 0.481 e. The first kappa shape index (κ1) is 20.2. The Morgan fingerprint density at radius 1 is 1.18 bits per heavy atom. The van der Waals surface area contributed by atoms with Gasteiger partial charge in [-0.05, 0) is 55.2 Å². The summed E-state index contributed by atoms with van der Waals surface area (Å²) in [7, 11) is -1.82. The molecule has 1 heterocycles. The van der Waals surface area contributed by atoms with Crippen LogP contribution in [0, 0.1) is 0 Å². The van der Waals surface area contributed by atoms with Gasteiger partial charge in [0, 0.05) is 19.3 Å². The van der Waals surface area contributed by atoms with Crippen molar-refractivity contribution in [3.63, 3.8) is 0 Å². The van der Waals surface area contributed by atoms with Crippen molar-refractivity contribution in [1.82, 2.24) is 0 Å². The molecule has 0 spiro atoms. The summed E-state index contributed by atoms with van der Waals surface area (Å²) in [4.78, 5) is 14.9. The zero-order valence-corrected chi connectivity index (χ0v) is 17.3. The van der Waals surface area contributed by atoms with Gasteiger partial charge >= 0.3 is 0 Å². The molecule has 1 atom stereocenters. The van der Waals surface area contributed by atoms with Crippen LogP contribution in [0.15, 0.2) is 48.5 Å². The van der Waals surface area contributed by atoms with Crippen LogP contribution in [0.25, 0.3) is 0 Å². The summed E-state index contributed by atoms with van der Waals surface area (Å²) in [6.07, 6.45) is 3.02. The number of carbonyl (C=O) groups excluding carboxylic acids is 1. The average molecular weight is 403 g/mol. The molecule has 1 unspecified atom stereocenters. The third-order valence-corrected chi connectivity index (χ3v) is 6.20. The van der Waals surface area contributed by atoms with Crippen molar-refractivity contribution in [1.29, 1.82) is 0 Å². The molecule has 7 heteroatoms. The number of fused-ring (bicyclic) bond motifs is 1. The van der Waals surface area contributed by atoms with Crippen molar-refractivity contribution in [3.8, 4) is 5.75 Å². The number of amides is 1. The van der Waals surface area contributed by atoms with Gasteiger partial charge < -0.3 is 9.64 Å². The molecule has 0 radical (unpaired) electrons. The Morgan fingerprint density at radius 2 is 1.86 bits per heavy atom. The predicted molar refractivity (Wildman–Crippen MR) is 112 cm³/mol. The third kappa shape index (κ3) is 4.30. The summed E-state index contributed by atoms with van der Waals surface area (Å²) in [5, 5.41) is 0. The summed E-state index contributed by atoms with van der Waals surface area (Å²) < 4.78 is 30.5. The number of carbonyl (C=O) groups is 1. The topological polar surface area (TPSA) is 66.9 Å². The first-order valence-electron chi connectivity index (χ1n) is 9.41. The number of hydrogen-bond donors (Lipinski definition) is 0. The Labute approximate surface area is 166 Å². The minimum atomic E-state index is -3.32. The summed E-state index contributed by atoms with van der Waals surface area (Å²) in [5.74, 6) is 0.489. The lowest BCUT2D eigenvalue weighted by Crippen LogP contribution is -2.44. The van der Waals surface area contributed by atoms with Gasteiger partial charge in [0.25, 0.3) is 5.91 Å². The molecule has 1 aliphatic rings. The van der Waals surface area contributed by atoms with Gasteiger partial charge in [0.2, 0.25) is 10.0 Å². The second-order valence-electron chi connectivity index (χ2n) is 6.96. The van der Waals surface area contributed by atoms with Gasteiger partial charge in [-0.1, -0.05) is 25.1 Å². The molecular weight excluding hydrogens is 376 g/mol. The molecule has 0 saturated carbocycles. The molecule has 0 aromatic heterocycles. The summed E-state index contributed by atoms with van der Waals surface area (Å²) in [6.45, 7) is 2.61. The van der Waals surface area contributed by atoms with Crippen molar-refractivity contribution < 1.29 is 17.9 Å². The SMILES string of the molecule is CCC(Oc1ccc(N(C)S(C)(=O)=O)cc1)C(=O)N1CCCc2ccccc21. The van der Waals surface area contributed by atoms with Gasteiger partial charge in [-0.3, -0.25) is 9.10 Å². The molecule has 1 amide bonds. The van der Waals surface area contributed by atoms with Gasteiger partial charge in [0.15, 0.2) is 6.10 Å². The Morgan fingerprint density at radius 3 is 2.50 bits per heavy atom. The van der Waals surface area contributed by atoms with Crippen molar-refractivity contribution in [2.24, 2.45) is 0 Å². The number of sulfonamides is 1. The van der Waals surface area contributed by atoms with E-state index in [9.17, 15) is 13.2 Å². The van der Waals surface area contributed by atoms with Crippen LogP contribution < -0.4 is 13.9 Å². The molecule has 0 fully saturated rings. The van der Waals surface area contributed by atoms with Crippen LogP contribution in [-0.4, -0.2) is 40.3 Å². The standard InChI is InChI=1S/C21H26N2O4S/c1-4-20(21(24)23-15-7-9-16-8-5-6-10-19(16)23)27-18-13-11-17(12-14-18)22(2)28(3,25)26/h5-6,8,10-14,20H,4,7,9,15H2,1-3H3. The molecule has 28 heavy (non-hydrogen) atoms. The zero-order valence-electron chi connectivity index (χ0n) is 16.5. The van der Waals surface area contributed by atoms with Crippen LogP contribution in [0.1, 0.15) is 25.3 Å². The number of anilines is 2. The van der Waals surface area contributed by atoms with E-state index in [1.54, 1.807) is 24.3 Å². The maximum atomic E-state index is 13.1. The van der Waals surface area contributed by atoms with E-state index in [0.717, 1.165) is 24.8 Å². The number of nitrogens with zero attached hydrogens (tertiary/aromatic N) is 2. The van der Waals surface area contributed by atoms with E-state index in [1.807, 2.05) is 30.0 Å². The number of ether oxygens (including phenoxy) is 1. The van der Waals surface area contributed by atoms with Crippen LogP contribution in [0.3, 0.4) is 0 Å². The van der Waals surface area contributed by atoms with Crippen molar-refractivity contribution in [2.45, 2.75) is 32.3 Å². The number of hydrogen-bond acceptors (Lipinski definition) is 4. The molecule has 0 saturated heterocycles. The molecular formula is C21H26N2O4S. The first-order valence-corrected chi connectivity index (χ1v) is 11.3. The van der Waals surface area contributed by atoms with Crippen LogP contribution in [-0.2, 0) is 21.2 Å². The Balaban J connectivity index is 1.75. The minimum Gasteiger partial charge on any atom is -0.481 e. The van der Waals surface area contributed by atoms with Crippen LogP contribution in [0.4, 0.5) is 11.4 Å². The van der Waals surface area contributed by atoms with Gasteiger partial charge in [-0.2, -0.15) is 0 Å². The Kier molecular flexibility index (Phi) is 5.93. The van der Waals surface area contributed by atoms with Crippen LogP contribution >= 0.6 is 0 Å². The van der Waals surface area contributed by atoms with Gasteiger partial charge in [0.1, 0.15) is 5.75 Å². The fourth-order valence-electron chi connectivity index (χ4n) is 3.34. The van der Waals surface area contributed by atoms with E-state index in [2.05, 4.69) is 6.07 Å². The monoisotopic (exact) mass is 402 g/mol. The van der Waals surface area contributed by atoms with E-state index in [-0.39, 0.29) is 5.91 Å². The molecule has 3 rings (SSSR count). The van der Waals surface area contributed by atoms with Crippen LogP contribution in [0.2, 0.25) is 0 Å². The maximum absolute atomic E-state index is 13.1. The first-order chi connectivity index (χ1) is 13.3. The fourth-order valence-corrected chi connectivity index (χ4v) is 3.84. The number of rotatable bonds is 6. The molecule has 2 aromatic carbocycles. The average Bonchev–Trinajstić information content (AvgIpc) is 2.70. The van der Waals surface area contributed by atoms with E-state index in [0.29, 0.717) is 24.4 Å². The van der Waals surface area contributed by atoms with E-state index < -0.39 is 16.1 Å². The molecule has 0 bridgehead atoms. The second-order valence-corrected chi connectivity index (χ2v) is 8.98. The summed E-state index contributed by atoms with van der Waals surface area (Å²) >= 11 is 0. The number of para-hydroxylation sites is 1. The number of benzene rings is 2. The van der Waals surface area contributed by atoms with Gasteiger partial charge in [-0.25, -0.2) is 8.42 Å². The van der Waals surface area contributed by atoms with Crippen molar-refractivity contribution in [2.75, 3.05) is 29.1 Å². The number of aryl methyl sites for hydroxylation is 1. The highest BCUT2D eigenvalue weighted by Crippen LogP contribution is 2.28. The summed E-state index contributed by atoms with van der Waals surface area (Å²) in [6, 6.07) is 14.7. The fraction of sp³-hybridized carbons (Fsp3) is 0.381. The molecule has 1 aliphatic heterocycles. The lowest BCUT2D eigenvalue weighted by molar-refractivity contribution is -0.125. The molecule has 2 aromatic rings. The highest BCUT2D eigenvalue weighted by Gasteiger charge is 2.29. The predicted octanol–water partition coefficient (Wildman–Crippen LogP) is 3.22. The smallest absolute Gasteiger partial charge is 0.268 e. The maximum Gasteiger partial charge on any atom is 0.268 e. The third-order valence-electron chi connectivity index (χ3n) is 5.00. The van der Waals surface area contributed by atoms with E-state index in [4.69, 9.17) is 4.74 Å². The second kappa shape index (κ2) is 8.22. The van der Waals surface area contributed by atoms with Gasteiger partial charge in [-0.15, -0.1) is 0 Å². The summed E-state index contributed by atoms with van der Waals surface area (Å²) in [5.41, 5.74) is 2.69. The Hall–Kier alpha value is -2.54. The van der Waals surface area contributed by atoms with E-state index in [1.165, 1.54) is 16.9 Å². The normalized spacial score (nSPS) is 14.9. The highest BCUT2D eigenvalue weighted by atomic mass is 32.2. The Bertz CT molecular complexity index is 941. The van der Waals surface area contributed by atoms with E-state index >= 15 is 0 Å². The lowest BCUT2D eigenvalue weighted by atomic mass is 10.0. The highest BCUT2D eigenvalue weighted by molar-refractivity contribution is 7.92. The molecule has 6 nitrogen and oxygen atoms in total.